The molecule has 0 bridgehead atoms. The third-order valence-corrected chi connectivity index (χ3v) is 5.67. The number of fused-ring (bicyclic) bond motifs is 1. The lowest BCUT2D eigenvalue weighted by atomic mass is 9.94. The Hall–Kier alpha value is -2.29. The zero-order chi connectivity index (χ0) is 19.8. The summed E-state index contributed by atoms with van der Waals surface area (Å²) in [4.78, 5) is 23.8. The van der Waals surface area contributed by atoms with E-state index in [9.17, 15) is 9.18 Å². The van der Waals surface area contributed by atoms with E-state index in [1.165, 1.54) is 17.4 Å². The van der Waals surface area contributed by atoms with Gasteiger partial charge in [0.2, 0.25) is 0 Å². The normalized spacial score (nSPS) is 21.6. The zero-order valence-corrected chi connectivity index (χ0v) is 16.6. The van der Waals surface area contributed by atoms with Crippen LogP contribution in [0.25, 0.3) is 0 Å². The fourth-order valence-corrected chi connectivity index (χ4v) is 4.34. The van der Waals surface area contributed by atoms with Crippen LogP contribution in [0.15, 0.2) is 46.0 Å². The molecule has 4 rings (SSSR count). The maximum absolute atomic E-state index is 14.8. The van der Waals surface area contributed by atoms with Gasteiger partial charge in [0, 0.05) is 46.9 Å². The Morgan fingerprint density at radius 3 is 3.00 bits per heavy atom. The molecule has 28 heavy (non-hydrogen) atoms. The number of thiazole rings is 1. The molecule has 0 saturated carbocycles. The van der Waals surface area contributed by atoms with Crippen molar-refractivity contribution in [1.82, 2.24) is 9.88 Å². The van der Waals surface area contributed by atoms with Gasteiger partial charge in [-0.2, -0.15) is 0 Å². The number of hydrogen-bond donors (Lipinski definition) is 1. The summed E-state index contributed by atoms with van der Waals surface area (Å²) in [7, 11) is 0. The van der Waals surface area contributed by atoms with Crippen molar-refractivity contribution >= 4 is 34.7 Å². The summed E-state index contributed by atoms with van der Waals surface area (Å²) in [5.74, 6) is -0.457. The largest absolute Gasteiger partial charge is 0.463 e. The summed E-state index contributed by atoms with van der Waals surface area (Å²) in [5.41, 5.74) is 7.48. The maximum atomic E-state index is 14.8. The molecule has 2 atom stereocenters. The van der Waals surface area contributed by atoms with Crippen LogP contribution in [0, 0.1) is 5.82 Å². The Bertz CT molecular complexity index is 976. The van der Waals surface area contributed by atoms with Crippen LogP contribution in [0.2, 0.25) is 5.02 Å². The van der Waals surface area contributed by atoms with E-state index in [0.29, 0.717) is 35.1 Å². The first-order chi connectivity index (χ1) is 13.5. The summed E-state index contributed by atoms with van der Waals surface area (Å²) in [5, 5.41) is 2.81. The van der Waals surface area contributed by atoms with Crippen LogP contribution in [0.3, 0.4) is 0 Å². The number of esters is 1. The Balaban J connectivity index is 1.91. The average molecular weight is 421 g/mol. The van der Waals surface area contributed by atoms with E-state index >= 15 is 0 Å². The van der Waals surface area contributed by atoms with Crippen LogP contribution < -0.4 is 5.73 Å². The predicted molar refractivity (Wildman–Crippen MR) is 106 cm³/mol. The fraction of sp³-hybridized carbons (Fsp3) is 0.316. The second-order valence-corrected chi connectivity index (χ2v) is 7.84. The lowest BCUT2D eigenvalue weighted by molar-refractivity contribution is -0.139. The number of nitrogens with two attached hydrogens (primary N) is 1. The fourth-order valence-electron chi connectivity index (χ4n) is 3.54. The number of aromatic nitrogens is 1. The second kappa shape index (κ2) is 7.62. The molecule has 2 aliphatic rings. The van der Waals surface area contributed by atoms with Crippen LogP contribution in [-0.4, -0.2) is 40.9 Å². The van der Waals surface area contributed by atoms with E-state index in [0.717, 1.165) is 0 Å². The Morgan fingerprint density at radius 2 is 2.32 bits per heavy atom. The smallest absolute Gasteiger partial charge is 0.338 e. The van der Waals surface area contributed by atoms with E-state index in [1.807, 2.05) is 10.3 Å². The van der Waals surface area contributed by atoms with E-state index in [2.05, 4.69) is 4.98 Å². The maximum Gasteiger partial charge on any atom is 0.338 e. The molecule has 6 nitrogen and oxygen atoms in total. The number of carbonyl (C=O) groups excluding carboxylic acids is 1. The van der Waals surface area contributed by atoms with Crippen molar-refractivity contribution in [3.63, 3.8) is 0 Å². The molecule has 1 aromatic carbocycles. The van der Waals surface area contributed by atoms with Gasteiger partial charge in [-0.3, -0.25) is 4.99 Å². The molecule has 0 amide bonds. The SMILES string of the molecule is CCOC(=O)C1=C2C[C@H](N)CN2C(c2nccs2)=N[C@H]1c1ccc(Cl)cc1F. The molecule has 1 saturated heterocycles. The average Bonchev–Trinajstić information content (AvgIpc) is 3.29. The molecule has 0 radical (unpaired) electrons. The molecule has 2 aliphatic heterocycles. The van der Waals surface area contributed by atoms with E-state index in [1.54, 1.807) is 25.3 Å². The first-order valence-corrected chi connectivity index (χ1v) is 10.1. The molecule has 3 heterocycles. The number of ether oxygens (including phenoxy) is 1. The van der Waals surface area contributed by atoms with Crippen LogP contribution in [0.1, 0.15) is 30.0 Å². The van der Waals surface area contributed by atoms with Gasteiger partial charge in [0.15, 0.2) is 10.8 Å². The number of benzene rings is 1. The van der Waals surface area contributed by atoms with Crippen LogP contribution in [-0.2, 0) is 9.53 Å². The summed E-state index contributed by atoms with van der Waals surface area (Å²) < 4.78 is 20.0. The molecule has 9 heteroatoms. The van der Waals surface area contributed by atoms with Gasteiger partial charge in [-0.15, -0.1) is 11.3 Å². The highest BCUT2D eigenvalue weighted by Crippen LogP contribution is 2.41. The highest BCUT2D eigenvalue weighted by atomic mass is 35.5. The molecular weight excluding hydrogens is 403 g/mol. The van der Waals surface area contributed by atoms with Gasteiger partial charge >= 0.3 is 5.97 Å². The minimum atomic E-state index is -0.855. The Morgan fingerprint density at radius 1 is 1.50 bits per heavy atom. The minimum absolute atomic E-state index is 0.168. The lowest BCUT2D eigenvalue weighted by Gasteiger charge is -2.31. The van der Waals surface area contributed by atoms with E-state index in [4.69, 9.17) is 27.1 Å². The van der Waals surface area contributed by atoms with Crippen LogP contribution in [0.5, 0.6) is 0 Å². The molecule has 146 valence electrons. The van der Waals surface area contributed by atoms with E-state index < -0.39 is 17.8 Å². The number of nitrogens with zero attached hydrogens (tertiary/aromatic N) is 3. The number of rotatable bonds is 4. The lowest BCUT2D eigenvalue weighted by Crippen LogP contribution is -2.36. The Kier molecular flexibility index (Phi) is 5.18. The third-order valence-electron chi connectivity index (χ3n) is 4.67. The molecule has 1 fully saturated rings. The minimum Gasteiger partial charge on any atom is -0.463 e. The number of aliphatic imine (C=N–C) groups is 1. The first kappa shape index (κ1) is 19.0. The number of carbonyl (C=O) groups is 1. The van der Waals surface area contributed by atoms with Gasteiger partial charge in [0.1, 0.15) is 11.9 Å². The summed E-state index contributed by atoms with van der Waals surface area (Å²) >= 11 is 7.34. The van der Waals surface area contributed by atoms with Crippen LogP contribution >= 0.6 is 22.9 Å². The summed E-state index contributed by atoms with van der Waals surface area (Å²) in [6.45, 7) is 2.44. The standard InChI is InChI=1S/C19H18ClFN4O2S/c1-2-27-19(26)15-14-8-11(22)9-25(14)17(18-23-5-6-28-18)24-16(15)12-4-3-10(20)7-13(12)21/h3-7,11,16H,2,8-9,22H2,1H3/t11-,16-/m0/s1. The first-order valence-electron chi connectivity index (χ1n) is 8.85. The molecule has 2 aromatic rings. The van der Waals surface area contributed by atoms with Gasteiger partial charge < -0.3 is 15.4 Å². The van der Waals surface area contributed by atoms with Crippen molar-refractivity contribution in [2.75, 3.05) is 13.2 Å². The van der Waals surface area contributed by atoms with Gasteiger partial charge in [0.25, 0.3) is 0 Å². The van der Waals surface area contributed by atoms with Gasteiger partial charge in [0.05, 0.1) is 12.2 Å². The molecule has 1 aromatic heterocycles. The number of amidine groups is 1. The highest BCUT2D eigenvalue weighted by Gasteiger charge is 2.41. The molecule has 0 spiro atoms. The van der Waals surface area contributed by atoms with E-state index in [-0.39, 0.29) is 23.2 Å². The molecule has 0 aliphatic carbocycles. The van der Waals surface area contributed by atoms with Crippen molar-refractivity contribution in [2.45, 2.75) is 25.4 Å². The van der Waals surface area contributed by atoms with Crippen molar-refractivity contribution in [3.05, 3.63) is 62.5 Å². The summed E-state index contributed by atoms with van der Waals surface area (Å²) in [6, 6.07) is 3.33. The molecular formula is C19H18ClFN4O2S. The van der Waals surface area contributed by atoms with Gasteiger partial charge in [-0.25, -0.2) is 14.2 Å². The summed E-state index contributed by atoms with van der Waals surface area (Å²) in [6.07, 6.45) is 2.16. The number of halogens is 2. The topological polar surface area (TPSA) is 80.8 Å². The van der Waals surface area contributed by atoms with Crippen molar-refractivity contribution < 1.29 is 13.9 Å². The Labute approximate surface area is 170 Å². The monoisotopic (exact) mass is 420 g/mol. The third kappa shape index (κ3) is 3.32. The van der Waals surface area contributed by atoms with Crippen molar-refractivity contribution in [3.8, 4) is 0 Å². The number of hydrogen-bond acceptors (Lipinski definition) is 7. The highest BCUT2D eigenvalue weighted by molar-refractivity contribution is 7.11. The van der Waals surface area contributed by atoms with Crippen LogP contribution in [0.4, 0.5) is 4.39 Å². The predicted octanol–water partition coefficient (Wildman–Crippen LogP) is 3.29. The van der Waals surface area contributed by atoms with Crippen molar-refractivity contribution in [2.24, 2.45) is 10.7 Å². The molecule has 2 N–H and O–H groups in total. The van der Waals surface area contributed by atoms with Crippen molar-refractivity contribution in [1.29, 1.82) is 0 Å². The second-order valence-electron chi connectivity index (χ2n) is 6.51. The quantitative estimate of drug-likeness (QED) is 0.767. The molecule has 0 unspecified atom stereocenters. The van der Waals surface area contributed by atoms with Gasteiger partial charge in [-0.1, -0.05) is 17.7 Å². The zero-order valence-electron chi connectivity index (χ0n) is 15.1. The van der Waals surface area contributed by atoms with Gasteiger partial charge in [-0.05, 0) is 19.1 Å².